The minimum absolute atomic E-state index is 0.698. The molecule has 0 spiro atoms. The van der Waals surface area contributed by atoms with Crippen LogP contribution in [-0.2, 0) is 4.74 Å². The number of fused-ring (bicyclic) bond motifs is 2. The third kappa shape index (κ3) is 2.62. The van der Waals surface area contributed by atoms with Crippen LogP contribution in [0, 0.1) is 0 Å². The molecule has 3 N–H and O–H groups in total. The van der Waals surface area contributed by atoms with Gasteiger partial charge in [0.25, 0.3) is 0 Å². The molecule has 1 aromatic carbocycles. The number of hydrogen-bond acceptors (Lipinski definition) is 7. The van der Waals surface area contributed by atoms with E-state index in [1.54, 1.807) is 11.8 Å². The third-order valence-electron chi connectivity index (χ3n) is 4.62. The number of morpholine rings is 1. The summed E-state index contributed by atoms with van der Waals surface area (Å²) in [6.45, 7) is 3.10. The lowest BCUT2D eigenvalue weighted by atomic mass is 10.1. The number of H-pyrrole nitrogens is 1. The highest BCUT2D eigenvalue weighted by Gasteiger charge is 2.24. The molecular weight excluding hydrogens is 348 g/mol. The number of aromatic nitrogens is 4. The predicted octanol–water partition coefficient (Wildman–Crippen LogP) is 2.26. The second kappa shape index (κ2) is 6.30. The van der Waals surface area contributed by atoms with E-state index in [0.29, 0.717) is 19.0 Å². The van der Waals surface area contributed by atoms with E-state index < -0.39 is 0 Å². The molecule has 5 rings (SSSR count). The molecule has 0 unspecified atom stereocenters. The second-order valence-corrected chi connectivity index (χ2v) is 7.31. The maximum atomic E-state index is 6.07. The first-order valence-electron chi connectivity index (χ1n) is 8.55. The Bertz CT molecular complexity index is 1010. The molecular formula is C18H18N6OS. The number of aromatic amines is 1. The van der Waals surface area contributed by atoms with E-state index in [9.17, 15) is 0 Å². The van der Waals surface area contributed by atoms with Gasteiger partial charge in [-0.15, -0.1) is 11.8 Å². The number of nitrogens with two attached hydrogens (primary N) is 1. The molecule has 26 heavy (non-hydrogen) atoms. The molecule has 0 saturated carbocycles. The van der Waals surface area contributed by atoms with Crippen LogP contribution in [0.3, 0.4) is 0 Å². The van der Waals surface area contributed by atoms with Crippen molar-refractivity contribution in [3.8, 4) is 11.4 Å². The van der Waals surface area contributed by atoms with Crippen LogP contribution < -0.4 is 10.6 Å². The first kappa shape index (κ1) is 15.7. The van der Waals surface area contributed by atoms with Crippen LogP contribution in [0.5, 0.6) is 0 Å². The lowest BCUT2D eigenvalue weighted by Crippen LogP contribution is -2.37. The van der Waals surface area contributed by atoms with Gasteiger partial charge < -0.3 is 15.4 Å². The van der Waals surface area contributed by atoms with E-state index in [1.807, 2.05) is 30.5 Å². The van der Waals surface area contributed by atoms with Gasteiger partial charge >= 0.3 is 0 Å². The summed E-state index contributed by atoms with van der Waals surface area (Å²) in [6.07, 6.45) is 3.79. The largest absolute Gasteiger partial charge is 0.401 e. The molecule has 2 aliphatic heterocycles. The maximum absolute atomic E-state index is 6.07. The number of nitrogens with one attached hydrogen (secondary N) is 1. The quantitative estimate of drug-likeness (QED) is 0.718. The Hall–Kier alpha value is -2.58. The average Bonchev–Trinajstić information content (AvgIpc) is 3.16. The number of anilines is 1. The highest BCUT2D eigenvalue weighted by Crippen LogP contribution is 2.38. The average molecular weight is 366 g/mol. The summed E-state index contributed by atoms with van der Waals surface area (Å²) < 4.78 is 5.51. The van der Waals surface area contributed by atoms with E-state index in [1.165, 1.54) is 0 Å². The Morgan fingerprint density at radius 1 is 1.19 bits per heavy atom. The number of nitrogens with zero attached hydrogens (tertiary/aromatic N) is 4. The molecule has 2 aromatic heterocycles. The molecule has 8 heteroatoms. The molecule has 1 fully saturated rings. The fourth-order valence-electron chi connectivity index (χ4n) is 3.34. The van der Waals surface area contributed by atoms with E-state index in [2.05, 4.69) is 15.1 Å². The molecule has 132 valence electrons. The van der Waals surface area contributed by atoms with Gasteiger partial charge in [0.1, 0.15) is 5.82 Å². The van der Waals surface area contributed by atoms with Gasteiger partial charge in [-0.1, -0.05) is 12.1 Å². The van der Waals surface area contributed by atoms with E-state index in [4.69, 9.17) is 20.4 Å². The molecule has 0 bridgehead atoms. The van der Waals surface area contributed by atoms with Crippen LogP contribution in [0.1, 0.15) is 5.69 Å². The fraction of sp³-hybridized carbons (Fsp3) is 0.278. The first-order valence-corrected chi connectivity index (χ1v) is 9.54. The molecule has 4 heterocycles. The van der Waals surface area contributed by atoms with Gasteiger partial charge in [0.05, 0.1) is 35.5 Å². The number of rotatable bonds is 2. The van der Waals surface area contributed by atoms with Crippen LogP contribution >= 0.6 is 11.8 Å². The van der Waals surface area contributed by atoms with Crippen molar-refractivity contribution >= 4 is 34.6 Å². The third-order valence-corrected chi connectivity index (χ3v) is 5.77. The van der Waals surface area contributed by atoms with Gasteiger partial charge in [0.2, 0.25) is 0 Å². The van der Waals surface area contributed by atoms with Crippen molar-refractivity contribution in [2.75, 3.05) is 37.0 Å². The molecule has 3 aromatic rings. The summed E-state index contributed by atoms with van der Waals surface area (Å²) in [4.78, 5) is 13.2. The smallest absolute Gasteiger partial charge is 0.162 e. The molecule has 0 atom stereocenters. The Kier molecular flexibility index (Phi) is 3.79. The van der Waals surface area contributed by atoms with Gasteiger partial charge in [-0.2, -0.15) is 5.10 Å². The zero-order valence-corrected chi connectivity index (χ0v) is 14.9. The van der Waals surface area contributed by atoms with Gasteiger partial charge in [-0.3, -0.25) is 5.10 Å². The fourth-order valence-corrected chi connectivity index (χ4v) is 4.29. The highest BCUT2D eigenvalue weighted by molar-refractivity contribution is 7.99. The van der Waals surface area contributed by atoms with Crippen LogP contribution in [-0.4, -0.2) is 52.2 Å². The van der Waals surface area contributed by atoms with Crippen molar-refractivity contribution in [2.24, 2.45) is 5.73 Å². The van der Waals surface area contributed by atoms with Crippen LogP contribution in [0.15, 0.2) is 35.0 Å². The Labute approximate surface area is 154 Å². The van der Waals surface area contributed by atoms with Gasteiger partial charge in [0, 0.05) is 35.5 Å². The summed E-state index contributed by atoms with van der Waals surface area (Å²) in [5.41, 5.74) is 9.74. The lowest BCUT2D eigenvalue weighted by molar-refractivity contribution is 0.122. The number of benzene rings is 1. The minimum Gasteiger partial charge on any atom is -0.401 e. The Balaban J connectivity index is 1.71. The molecule has 0 radical (unpaired) electrons. The van der Waals surface area contributed by atoms with Crippen molar-refractivity contribution in [2.45, 2.75) is 4.90 Å². The monoisotopic (exact) mass is 366 g/mol. The summed E-state index contributed by atoms with van der Waals surface area (Å²) in [5.74, 6) is 2.44. The zero-order valence-electron chi connectivity index (χ0n) is 14.1. The molecule has 0 amide bonds. The van der Waals surface area contributed by atoms with Crippen molar-refractivity contribution in [3.63, 3.8) is 0 Å². The van der Waals surface area contributed by atoms with Crippen molar-refractivity contribution in [3.05, 3.63) is 35.8 Å². The van der Waals surface area contributed by atoms with Crippen LogP contribution in [0.25, 0.3) is 28.4 Å². The minimum atomic E-state index is 0.698. The van der Waals surface area contributed by atoms with Crippen molar-refractivity contribution < 1.29 is 4.74 Å². The van der Waals surface area contributed by atoms with Gasteiger partial charge in [-0.25, -0.2) is 9.97 Å². The molecule has 0 aliphatic carbocycles. The highest BCUT2D eigenvalue weighted by atomic mass is 32.2. The summed E-state index contributed by atoms with van der Waals surface area (Å²) in [5, 5.41) is 8.18. The van der Waals surface area contributed by atoms with E-state index in [-0.39, 0.29) is 0 Å². The standard InChI is InChI=1S/C18H18N6OS/c19-11-8-15-16(26-10-11)18(24-4-6-25-7-5-24)22-17(21-15)12-2-1-3-14-13(12)9-20-23-14/h1-3,8-9H,4-7,10,19H2,(H,20,23). The van der Waals surface area contributed by atoms with E-state index >= 15 is 0 Å². The number of thioether (sulfide) groups is 1. The molecule has 2 aliphatic rings. The zero-order chi connectivity index (χ0) is 17.5. The maximum Gasteiger partial charge on any atom is 0.162 e. The Morgan fingerprint density at radius 3 is 2.96 bits per heavy atom. The van der Waals surface area contributed by atoms with Crippen molar-refractivity contribution in [1.82, 2.24) is 20.2 Å². The van der Waals surface area contributed by atoms with E-state index in [0.717, 1.165) is 57.4 Å². The lowest BCUT2D eigenvalue weighted by Gasteiger charge is -2.30. The predicted molar refractivity (Wildman–Crippen MR) is 103 cm³/mol. The van der Waals surface area contributed by atoms with Crippen LogP contribution in [0.4, 0.5) is 5.82 Å². The van der Waals surface area contributed by atoms with Gasteiger partial charge in [0.15, 0.2) is 5.82 Å². The van der Waals surface area contributed by atoms with Gasteiger partial charge in [-0.05, 0) is 12.1 Å². The normalized spacial score (nSPS) is 17.2. The first-order chi connectivity index (χ1) is 12.8. The number of ether oxygens (including phenoxy) is 1. The SMILES string of the molecule is NC1=Cc2nc(-c3cccc4[nH]ncc34)nc(N3CCOCC3)c2SC1. The summed E-state index contributed by atoms with van der Waals surface area (Å²) in [6, 6.07) is 6.03. The molecule has 1 saturated heterocycles. The number of hydrogen-bond donors (Lipinski definition) is 2. The van der Waals surface area contributed by atoms with Crippen molar-refractivity contribution in [1.29, 1.82) is 0 Å². The summed E-state index contributed by atoms with van der Waals surface area (Å²) in [7, 11) is 0. The summed E-state index contributed by atoms with van der Waals surface area (Å²) >= 11 is 1.71. The molecule has 7 nitrogen and oxygen atoms in total. The topological polar surface area (TPSA) is 93.0 Å². The second-order valence-electron chi connectivity index (χ2n) is 6.33. The van der Waals surface area contributed by atoms with Crippen LogP contribution in [0.2, 0.25) is 0 Å². The Morgan fingerprint density at radius 2 is 2.08 bits per heavy atom.